The van der Waals surface area contributed by atoms with Crippen LogP contribution in [0.5, 0.6) is 0 Å². The summed E-state index contributed by atoms with van der Waals surface area (Å²) in [4.78, 5) is 38.9. The zero-order chi connectivity index (χ0) is 22.9. The number of nitrogens with zero attached hydrogens (tertiary/aromatic N) is 2. The number of hydrogen-bond acceptors (Lipinski definition) is 6. The van der Waals surface area contributed by atoms with Crippen molar-refractivity contribution in [3.05, 3.63) is 63.5 Å². The molecule has 2 aromatic carbocycles. The molecule has 170 valence electrons. The zero-order valence-electron chi connectivity index (χ0n) is 17.7. The third-order valence-corrected chi connectivity index (χ3v) is 7.42. The van der Waals surface area contributed by atoms with Crippen molar-refractivity contribution in [1.82, 2.24) is 10.2 Å². The highest BCUT2D eigenvalue weighted by molar-refractivity contribution is 7.20. The van der Waals surface area contributed by atoms with E-state index < -0.39 is 11.0 Å². The van der Waals surface area contributed by atoms with Crippen molar-refractivity contribution in [2.45, 2.75) is 18.9 Å². The van der Waals surface area contributed by atoms with E-state index in [9.17, 15) is 19.7 Å². The number of carbonyl (C=O) groups is 2. The van der Waals surface area contributed by atoms with Gasteiger partial charge in [-0.2, -0.15) is 0 Å². The summed E-state index contributed by atoms with van der Waals surface area (Å²) in [5, 5.41) is 20.5. The quantitative estimate of drug-likeness (QED) is 0.384. The molecule has 3 saturated heterocycles. The molecular weight excluding hydrogens is 442 g/mol. The lowest BCUT2D eigenvalue weighted by Crippen LogP contribution is -2.57. The van der Waals surface area contributed by atoms with Crippen molar-refractivity contribution in [1.29, 1.82) is 0 Å². The van der Waals surface area contributed by atoms with Crippen LogP contribution in [0.3, 0.4) is 0 Å². The number of thiophene rings is 1. The summed E-state index contributed by atoms with van der Waals surface area (Å²) >= 11 is 1.38. The predicted molar refractivity (Wildman–Crippen MR) is 128 cm³/mol. The monoisotopic (exact) mass is 465 g/mol. The normalized spacial score (nSPS) is 21.5. The molecule has 1 atom stereocenters. The topological polar surface area (TPSA) is 117 Å². The molecule has 1 unspecified atom stereocenters. The first-order chi connectivity index (χ1) is 16.0. The minimum atomic E-state index is -0.583. The van der Waals surface area contributed by atoms with Gasteiger partial charge in [-0.05, 0) is 61.5 Å². The Morgan fingerprint density at radius 3 is 2.58 bits per heavy atom. The first kappa shape index (κ1) is 21.4. The highest BCUT2D eigenvalue weighted by Crippen LogP contribution is 2.31. The molecular formula is C23H23N5O4S. The fourth-order valence-electron chi connectivity index (χ4n) is 4.61. The first-order valence-corrected chi connectivity index (χ1v) is 11.7. The Morgan fingerprint density at radius 2 is 1.85 bits per heavy atom. The molecule has 3 fully saturated rings. The second-order valence-electron chi connectivity index (χ2n) is 8.43. The number of para-hydroxylation sites is 2. The minimum Gasteiger partial charge on any atom is -0.347 e. The van der Waals surface area contributed by atoms with Crippen LogP contribution >= 0.6 is 11.3 Å². The molecule has 3 aliphatic rings. The van der Waals surface area contributed by atoms with Gasteiger partial charge in [0.2, 0.25) is 0 Å². The van der Waals surface area contributed by atoms with Crippen molar-refractivity contribution >= 4 is 50.4 Å². The van der Waals surface area contributed by atoms with E-state index in [4.69, 9.17) is 0 Å². The molecule has 0 saturated carbocycles. The standard InChI is InChI=1S/C23H23N5O4S/c29-22(25-18-13-27-9-7-14(18)8-10-27)21-11-15-5-6-16(12-20(15)33-21)24-23(30)26-17-3-1-2-4-19(17)28(31)32/h1-6,11-12,14,18H,7-10,13H2,(H,25,29)(H2,24,26,30). The number of rotatable bonds is 5. The SMILES string of the molecule is O=C(Nc1ccc2cc(C(=O)NC3CN4CCC3CC4)sc2c1)Nc1ccccc1[N+](=O)[O-]. The van der Waals surface area contributed by atoms with Crippen LogP contribution in [-0.4, -0.2) is 47.4 Å². The second-order valence-corrected chi connectivity index (χ2v) is 9.52. The van der Waals surface area contributed by atoms with Crippen LogP contribution in [0.2, 0.25) is 0 Å². The van der Waals surface area contributed by atoms with Gasteiger partial charge in [-0.1, -0.05) is 18.2 Å². The number of urea groups is 1. The van der Waals surface area contributed by atoms with E-state index in [0.29, 0.717) is 16.5 Å². The minimum absolute atomic E-state index is 0.0569. The maximum Gasteiger partial charge on any atom is 0.323 e. The summed E-state index contributed by atoms with van der Waals surface area (Å²) < 4.78 is 0.873. The number of carbonyl (C=O) groups excluding carboxylic acids is 2. The van der Waals surface area contributed by atoms with Gasteiger partial charge in [0.05, 0.1) is 9.80 Å². The lowest BCUT2D eigenvalue weighted by molar-refractivity contribution is -0.383. The fourth-order valence-corrected chi connectivity index (χ4v) is 5.62. The molecule has 10 heteroatoms. The van der Waals surface area contributed by atoms with Crippen LogP contribution in [0, 0.1) is 16.0 Å². The summed E-state index contributed by atoms with van der Waals surface area (Å²) in [6.45, 7) is 3.17. The molecule has 0 spiro atoms. The number of benzene rings is 2. The van der Waals surface area contributed by atoms with Gasteiger partial charge in [0.1, 0.15) is 5.69 Å². The molecule has 9 nitrogen and oxygen atoms in total. The molecule has 3 N–H and O–H groups in total. The summed E-state index contributed by atoms with van der Waals surface area (Å²) in [5.41, 5.74) is 0.466. The Labute approximate surface area is 193 Å². The maximum atomic E-state index is 12.9. The Morgan fingerprint density at radius 1 is 1.06 bits per heavy atom. The molecule has 0 radical (unpaired) electrons. The number of piperidine rings is 3. The number of hydrogen-bond donors (Lipinski definition) is 3. The van der Waals surface area contributed by atoms with E-state index in [0.717, 1.165) is 42.6 Å². The number of amides is 3. The van der Waals surface area contributed by atoms with Crippen LogP contribution in [0.4, 0.5) is 21.9 Å². The van der Waals surface area contributed by atoms with Gasteiger partial charge in [0.15, 0.2) is 0 Å². The molecule has 6 rings (SSSR count). The average Bonchev–Trinajstić information content (AvgIpc) is 3.24. The number of nitro benzene ring substituents is 1. The van der Waals surface area contributed by atoms with Crippen LogP contribution in [0.25, 0.3) is 10.1 Å². The lowest BCUT2D eigenvalue weighted by Gasteiger charge is -2.44. The predicted octanol–water partition coefficient (Wildman–Crippen LogP) is 4.28. The van der Waals surface area contributed by atoms with Crippen molar-refractivity contribution in [3.8, 4) is 0 Å². The Kier molecular flexibility index (Phi) is 5.69. The Bertz CT molecular complexity index is 1230. The summed E-state index contributed by atoms with van der Waals surface area (Å²) in [5.74, 6) is 0.502. The molecule has 4 heterocycles. The highest BCUT2D eigenvalue weighted by Gasteiger charge is 2.35. The van der Waals surface area contributed by atoms with Crippen molar-refractivity contribution in [3.63, 3.8) is 0 Å². The van der Waals surface area contributed by atoms with E-state index in [-0.39, 0.29) is 23.3 Å². The number of nitro groups is 1. The van der Waals surface area contributed by atoms with Gasteiger partial charge in [-0.25, -0.2) is 4.79 Å². The molecule has 3 aromatic rings. The van der Waals surface area contributed by atoms with E-state index in [2.05, 4.69) is 20.9 Å². The molecule has 1 aromatic heterocycles. The van der Waals surface area contributed by atoms with Gasteiger partial charge in [-0.3, -0.25) is 14.9 Å². The van der Waals surface area contributed by atoms with Crippen molar-refractivity contribution in [2.75, 3.05) is 30.3 Å². The van der Waals surface area contributed by atoms with Crippen LogP contribution < -0.4 is 16.0 Å². The van der Waals surface area contributed by atoms with E-state index >= 15 is 0 Å². The van der Waals surface area contributed by atoms with Gasteiger partial charge in [0, 0.05) is 29.0 Å². The number of fused-ring (bicyclic) bond motifs is 4. The van der Waals surface area contributed by atoms with Gasteiger partial charge >= 0.3 is 6.03 Å². The number of anilines is 2. The van der Waals surface area contributed by atoms with Crippen LogP contribution in [-0.2, 0) is 0 Å². The Balaban J connectivity index is 1.26. The third kappa shape index (κ3) is 4.53. The summed E-state index contributed by atoms with van der Waals surface area (Å²) in [7, 11) is 0. The highest BCUT2D eigenvalue weighted by atomic mass is 32.1. The molecule has 3 amide bonds. The average molecular weight is 466 g/mol. The van der Waals surface area contributed by atoms with E-state index in [1.54, 1.807) is 18.2 Å². The second kappa shape index (κ2) is 8.80. The summed E-state index contributed by atoms with van der Waals surface area (Å²) in [6.07, 6.45) is 2.28. The first-order valence-electron chi connectivity index (χ1n) is 10.8. The molecule has 0 aliphatic carbocycles. The molecule has 2 bridgehead atoms. The summed E-state index contributed by atoms with van der Waals surface area (Å²) in [6, 6.07) is 12.8. The third-order valence-electron chi connectivity index (χ3n) is 6.32. The number of nitrogens with one attached hydrogen (secondary N) is 3. The molecule has 33 heavy (non-hydrogen) atoms. The van der Waals surface area contributed by atoms with E-state index in [1.807, 2.05) is 12.1 Å². The van der Waals surface area contributed by atoms with Crippen molar-refractivity contribution < 1.29 is 14.5 Å². The smallest absolute Gasteiger partial charge is 0.323 e. The van der Waals surface area contributed by atoms with Crippen LogP contribution in [0.1, 0.15) is 22.5 Å². The van der Waals surface area contributed by atoms with Gasteiger partial charge < -0.3 is 20.9 Å². The maximum absolute atomic E-state index is 12.9. The lowest BCUT2D eigenvalue weighted by atomic mass is 9.84. The van der Waals surface area contributed by atoms with Gasteiger partial charge in [0.25, 0.3) is 11.6 Å². The van der Waals surface area contributed by atoms with E-state index in [1.165, 1.54) is 29.5 Å². The van der Waals surface area contributed by atoms with Crippen LogP contribution in [0.15, 0.2) is 48.5 Å². The Hall–Kier alpha value is -3.50. The fraction of sp³-hybridized carbons (Fsp3) is 0.304. The molecule has 3 aliphatic heterocycles. The largest absolute Gasteiger partial charge is 0.347 e. The van der Waals surface area contributed by atoms with Gasteiger partial charge in [-0.15, -0.1) is 11.3 Å². The van der Waals surface area contributed by atoms with Crippen molar-refractivity contribution in [2.24, 2.45) is 5.92 Å². The zero-order valence-corrected chi connectivity index (χ0v) is 18.6.